The standard InChI is InChI=1S/C19H26N4O2S/c1-4-23-18(20-21(3)19(23)25)15-9-11-22(12-10-15)17(24)13-26-16-8-6-5-7-14(16)2/h5-8,15H,4,9-13H2,1-3H3. The molecule has 0 bridgehead atoms. The molecule has 6 nitrogen and oxygen atoms in total. The number of nitrogens with zero attached hydrogens (tertiary/aromatic N) is 4. The Kier molecular flexibility index (Phi) is 5.86. The van der Waals surface area contributed by atoms with Crippen molar-refractivity contribution in [3.05, 3.63) is 46.1 Å². The maximum atomic E-state index is 12.5. The monoisotopic (exact) mass is 374 g/mol. The zero-order valence-electron chi connectivity index (χ0n) is 15.6. The first-order valence-electron chi connectivity index (χ1n) is 9.11. The molecule has 0 radical (unpaired) electrons. The summed E-state index contributed by atoms with van der Waals surface area (Å²) in [4.78, 5) is 27.7. The first-order chi connectivity index (χ1) is 12.5. The Hall–Kier alpha value is -2.02. The molecule has 0 aliphatic carbocycles. The number of rotatable bonds is 5. The lowest BCUT2D eigenvalue weighted by molar-refractivity contribution is -0.129. The Morgan fingerprint density at radius 3 is 2.62 bits per heavy atom. The fourth-order valence-corrected chi connectivity index (χ4v) is 4.39. The van der Waals surface area contributed by atoms with Crippen LogP contribution in [-0.2, 0) is 18.4 Å². The van der Waals surface area contributed by atoms with Gasteiger partial charge < -0.3 is 4.90 Å². The molecule has 2 aromatic rings. The molecular formula is C19H26N4O2S. The molecule has 1 saturated heterocycles. The quantitative estimate of drug-likeness (QED) is 0.754. The van der Waals surface area contributed by atoms with E-state index in [4.69, 9.17) is 0 Å². The van der Waals surface area contributed by atoms with Gasteiger partial charge in [0, 0.05) is 37.5 Å². The van der Waals surface area contributed by atoms with E-state index in [0.29, 0.717) is 12.3 Å². The zero-order chi connectivity index (χ0) is 18.7. The van der Waals surface area contributed by atoms with E-state index < -0.39 is 0 Å². The van der Waals surface area contributed by atoms with Crippen LogP contribution in [0.15, 0.2) is 34.0 Å². The number of piperidine rings is 1. The highest BCUT2D eigenvalue weighted by molar-refractivity contribution is 8.00. The largest absolute Gasteiger partial charge is 0.345 e. The zero-order valence-corrected chi connectivity index (χ0v) is 16.5. The van der Waals surface area contributed by atoms with Gasteiger partial charge in [0.25, 0.3) is 0 Å². The molecular weight excluding hydrogens is 348 g/mol. The molecule has 2 heterocycles. The number of thioether (sulfide) groups is 1. The summed E-state index contributed by atoms with van der Waals surface area (Å²) in [6, 6.07) is 8.15. The summed E-state index contributed by atoms with van der Waals surface area (Å²) in [5.74, 6) is 1.77. The first kappa shape index (κ1) is 18.8. The van der Waals surface area contributed by atoms with Gasteiger partial charge in [-0.1, -0.05) is 18.2 Å². The van der Waals surface area contributed by atoms with E-state index in [1.165, 1.54) is 10.2 Å². The maximum Gasteiger partial charge on any atom is 0.345 e. The second-order valence-corrected chi connectivity index (χ2v) is 7.74. The highest BCUT2D eigenvalue weighted by atomic mass is 32.2. The van der Waals surface area contributed by atoms with Crippen molar-refractivity contribution >= 4 is 17.7 Å². The van der Waals surface area contributed by atoms with Crippen LogP contribution in [0.1, 0.15) is 37.1 Å². The summed E-state index contributed by atoms with van der Waals surface area (Å²) < 4.78 is 3.16. The van der Waals surface area contributed by atoms with Gasteiger partial charge in [-0.2, -0.15) is 5.10 Å². The molecule has 1 fully saturated rings. The fourth-order valence-electron chi connectivity index (χ4n) is 3.46. The smallest absolute Gasteiger partial charge is 0.342 e. The van der Waals surface area contributed by atoms with Crippen molar-refractivity contribution in [3.8, 4) is 0 Å². The van der Waals surface area contributed by atoms with Gasteiger partial charge in [0.2, 0.25) is 5.91 Å². The molecule has 0 unspecified atom stereocenters. The molecule has 26 heavy (non-hydrogen) atoms. The maximum absolute atomic E-state index is 12.5. The number of benzene rings is 1. The van der Waals surface area contributed by atoms with Crippen molar-refractivity contribution < 1.29 is 4.79 Å². The van der Waals surface area contributed by atoms with Gasteiger partial charge in [-0.25, -0.2) is 9.48 Å². The molecule has 1 aromatic carbocycles. The molecule has 7 heteroatoms. The molecule has 0 saturated carbocycles. The average Bonchev–Trinajstić information content (AvgIpc) is 2.95. The minimum atomic E-state index is -0.0596. The van der Waals surface area contributed by atoms with Gasteiger partial charge in [0.1, 0.15) is 5.82 Å². The van der Waals surface area contributed by atoms with Crippen LogP contribution in [0.25, 0.3) is 0 Å². The molecule has 0 atom stereocenters. The Morgan fingerprint density at radius 1 is 1.27 bits per heavy atom. The lowest BCUT2D eigenvalue weighted by Crippen LogP contribution is -2.39. The van der Waals surface area contributed by atoms with Gasteiger partial charge in [-0.05, 0) is 38.3 Å². The molecule has 0 N–H and O–H groups in total. The molecule has 1 amide bonds. The summed E-state index contributed by atoms with van der Waals surface area (Å²) >= 11 is 1.61. The van der Waals surface area contributed by atoms with Gasteiger partial charge in [-0.15, -0.1) is 11.8 Å². The predicted molar refractivity (Wildman–Crippen MR) is 104 cm³/mol. The van der Waals surface area contributed by atoms with Gasteiger partial charge in [-0.3, -0.25) is 9.36 Å². The van der Waals surface area contributed by atoms with Crippen molar-refractivity contribution in [2.75, 3.05) is 18.8 Å². The lowest BCUT2D eigenvalue weighted by atomic mass is 9.96. The van der Waals surface area contributed by atoms with Crippen LogP contribution in [0.3, 0.4) is 0 Å². The number of amides is 1. The predicted octanol–water partition coefficient (Wildman–Crippen LogP) is 2.41. The van der Waals surface area contributed by atoms with E-state index in [2.05, 4.69) is 24.2 Å². The van der Waals surface area contributed by atoms with Crippen LogP contribution in [0.5, 0.6) is 0 Å². The van der Waals surface area contributed by atoms with Crippen LogP contribution in [-0.4, -0.2) is 44.0 Å². The van der Waals surface area contributed by atoms with Crippen LogP contribution < -0.4 is 5.69 Å². The topological polar surface area (TPSA) is 60.1 Å². The normalized spacial score (nSPS) is 15.4. The van der Waals surface area contributed by atoms with Gasteiger partial charge >= 0.3 is 5.69 Å². The third-order valence-corrected chi connectivity index (χ3v) is 6.17. The third kappa shape index (κ3) is 3.87. The lowest BCUT2D eigenvalue weighted by Gasteiger charge is -2.31. The minimum Gasteiger partial charge on any atom is -0.342 e. The van der Waals surface area contributed by atoms with Crippen molar-refractivity contribution in [2.24, 2.45) is 7.05 Å². The minimum absolute atomic E-state index is 0.0596. The highest BCUT2D eigenvalue weighted by Gasteiger charge is 2.27. The second kappa shape index (κ2) is 8.12. The van der Waals surface area contributed by atoms with Crippen LogP contribution >= 0.6 is 11.8 Å². The molecule has 0 spiro atoms. The van der Waals surface area contributed by atoms with E-state index in [0.717, 1.165) is 36.7 Å². The second-order valence-electron chi connectivity index (χ2n) is 6.72. The fraction of sp³-hybridized carbons (Fsp3) is 0.526. The Bertz CT molecular complexity index is 834. The summed E-state index contributed by atoms with van der Waals surface area (Å²) in [7, 11) is 1.69. The Balaban J connectivity index is 1.57. The number of carbonyl (C=O) groups excluding carboxylic acids is 1. The summed E-state index contributed by atoms with van der Waals surface area (Å²) in [5, 5.41) is 4.42. The molecule has 1 aliphatic rings. The van der Waals surface area contributed by atoms with Crippen molar-refractivity contribution in [1.29, 1.82) is 0 Å². The summed E-state index contributed by atoms with van der Waals surface area (Å²) in [6.07, 6.45) is 1.72. The summed E-state index contributed by atoms with van der Waals surface area (Å²) in [6.45, 7) is 6.12. The van der Waals surface area contributed by atoms with Crippen molar-refractivity contribution in [3.63, 3.8) is 0 Å². The number of hydrogen-bond donors (Lipinski definition) is 0. The van der Waals surface area contributed by atoms with E-state index in [1.807, 2.05) is 24.0 Å². The van der Waals surface area contributed by atoms with Crippen LogP contribution in [0.2, 0.25) is 0 Å². The SMILES string of the molecule is CCn1c(C2CCN(C(=O)CSc3ccccc3C)CC2)nn(C)c1=O. The van der Waals surface area contributed by atoms with E-state index >= 15 is 0 Å². The van der Waals surface area contributed by atoms with E-state index in [9.17, 15) is 9.59 Å². The van der Waals surface area contributed by atoms with Crippen LogP contribution in [0.4, 0.5) is 0 Å². The van der Waals surface area contributed by atoms with Gasteiger partial charge in [0.15, 0.2) is 0 Å². The number of hydrogen-bond acceptors (Lipinski definition) is 4. The van der Waals surface area contributed by atoms with Crippen molar-refractivity contribution in [1.82, 2.24) is 19.2 Å². The number of carbonyl (C=O) groups is 1. The van der Waals surface area contributed by atoms with Crippen LogP contribution in [0, 0.1) is 6.92 Å². The first-order valence-corrected chi connectivity index (χ1v) is 10.1. The summed E-state index contributed by atoms with van der Waals surface area (Å²) in [5.41, 5.74) is 1.15. The molecule has 1 aromatic heterocycles. The van der Waals surface area contributed by atoms with Crippen molar-refractivity contribution in [2.45, 2.75) is 44.0 Å². The molecule has 1 aliphatic heterocycles. The van der Waals surface area contributed by atoms with E-state index in [-0.39, 0.29) is 17.5 Å². The highest BCUT2D eigenvalue weighted by Crippen LogP contribution is 2.27. The average molecular weight is 375 g/mol. The number of aryl methyl sites for hydroxylation is 2. The Morgan fingerprint density at radius 2 is 1.96 bits per heavy atom. The Labute approximate surface area is 158 Å². The van der Waals surface area contributed by atoms with E-state index in [1.54, 1.807) is 23.4 Å². The third-order valence-electron chi connectivity index (χ3n) is 5.01. The molecule has 3 rings (SSSR count). The molecule has 140 valence electrons. The number of likely N-dealkylation sites (tertiary alicyclic amines) is 1. The van der Waals surface area contributed by atoms with Gasteiger partial charge in [0.05, 0.1) is 5.75 Å². The number of aromatic nitrogens is 3.